The largest absolute Gasteiger partial charge is 0.339 e. The molecule has 0 bridgehead atoms. The van der Waals surface area contributed by atoms with Crippen molar-refractivity contribution in [2.24, 2.45) is 0 Å². The number of carbonyl (C=O) groups excluding carboxylic acids is 1. The van der Waals surface area contributed by atoms with Crippen LogP contribution in [0.5, 0.6) is 0 Å². The third kappa shape index (κ3) is 3.65. The minimum atomic E-state index is 0.213. The summed E-state index contributed by atoms with van der Waals surface area (Å²) in [5.41, 5.74) is 2.22. The van der Waals surface area contributed by atoms with Gasteiger partial charge in [0, 0.05) is 25.2 Å². The van der Waals surface area contributed by atoms with Crippen LogP contribution in [0.15, 0.2) is 24.3 Å². The van der Waals surface area contributed by atoms with Crippen molar-refractivity contribution in [2.75, 3.05) is 26.2 Å². The van der Waals surface area contributed by atoms with E-state index in [2.05, 4.69) is 17.4 Å². The first-order valence-electron chi connectivity index (χ1n) is 8.44. The predicted octanol–water partition coefficient (Wildman–Crippen LogP) is 3.17. The third-order valence-electron chi connectivity index (χ3n) is 4.82. The van der Waals surface area contributed by atoms with Crippen LogP contribution in [-0.4, -0.2) is 37.0 Å². The first-order valence-corrected chi connectivity index (χ1v) is 8.44. The van der Waals surface area contributed by atoms with Crippen LogP contribution in [0, 0.1) is 0 Å². The Morgan fingerprint density at radius 1 is 1.00 bits per heavy atom. The molecule has 2 fully saturated rings. The van der Waals surface area contributed by atoms with Crippen LogP contribution in [-0.2, 0) is 0 Å². The second-order valence-electron chi connectivity index (χ2n) is 6.37. The Bertz CT molecular complexity index is 455. The van der Waals surface area contributed by atoms with E-state index in [1.165, 1.54) is 31.2 Å². The maximum absolute atomic E-state index is 12.6. The zero-order chi connectivity index (χ0) is 14.5. The van der Waals surface area contributed by atoms with Gasteiger partial charge < -0.3 is 10.2 Å². The molecule has 2 aliphatic rings. The summed E-state index contributed by atoms with van der Waals surface area (Å²) >= 11 is 0. The Labute approximate surface area is 127 Å². The number of nitrogens with one attached hydrogen (secondary N) is 1. The van der Waals surface area contributed by atoms with Crippen molar-refractivity contribution in [3.63, 3.8) is 0 Å². The Hall–Kier alpha value is -1.35. The van der Waals surface area contributed by atoms with Gasteiger partial charge in [0.25, 0.3) is 5.91 Å². The molecule has 1 aromatic carbocycles. The molecule has 3 rings (SSSR count). The lowest BCUT2D eigenvalue weighted by Gasteiger charge is -2.24. The van der Waals surface area contributed by atoms with Crippen LogP contribution in [0.2, 0.25) is 0 Å². The van der Waals surface area contributed by atoms with Gasteiger partial charge in [-0.2, -0.15) is 0 Å². The fourth-order valence-corrected chi connectivity index (χ4v) is 3.49. The first-order chi connectivity index (χ1) is 10.3. The van der Waals surface area contributed by atoms with Gasteiger partial charge in [-0.25, -0.2) is 0 Å². The van der Waals surface area contributed by atoms with Gasteiger partial charge in [0.15, 0.2) is 0 Å². The summed E-state index contributed by atoms with van der Waals surface area (Å²) in [6.07, 6.45) is 7.33. The first kappa shape index (κ1) is 14.6. The summed E-state index contributed by atoms with van der Waals surface area (Å²) in [5, 5.41) is 3.45. The minimum absolute atomic E-state index is 0.213. The van der Waals surface area contributed by atoms with Gasteiger partial charge in [0.05, 0.1) is 0 Å². The third-order valence-corrected chi connectivity index (χ3v) is 4.82. The molecule has 1 N–H and O–H groups in total. The number of amides is 1. The lowest BCUT2D eigenvalue weighted by molar-refractivity contribution is 0.0761. The smallest absolute Gasteiger partial charge is 0.253 e. The number of nitrogens with zero attached hydrogens (tertiary/aromatic N) is 1. The van der Waals surface area contributed by atoms with Gasteiger partial charge in [0.2, 0.25) is 0 Å². The van der Waals surface area contributed by atoms with E-state index in [1.807, 2.05) is 17.0 Å². The molecule has 0 aliphatic carbocycles. The second kappa shape index (κ2) is 7.08. The van der Waals surface area contributed by atoms with E-state index in [-0.39, 0.29) is 5.91 Å². The summed E-state index contributed by atoms with van der Waals surface area (Å²) in [7, 11) is 0. The van der Waals surface area contributed by atoms with Crippen LogP contribution >= 0.6 is 0 Å². The van der Waals surface area contributed by atoms with E-state index in [4.69, 9.17) is 0 Å². The highest BCUT2D eigenvalue weighted by Gasteiger charge is 2.19. The highest BCUT2D eigenvalue weighted by atomic mass is 16.2. The van der Waals surface area contributed by atoms with Crippen LogP contribution in [0.1, 0.15) is 60.4 Å². The maximum Gasteiger partial charge on any atom is 0.253 e. The average molecular weight is 286 g/mol. The summed E-state index contributed by atoms with van der Waals surface area (Å²) in [5.74, 6) is 0.825. The normalized spacial score (nSPS) is 23.6. The molecular formula is C18H26N2O. The lowest BCUT2D eigenvalue weighted by atomic mass is 9.91. The SMILES string of the molecule is O=C(c1ccc(C2CCCNC2)cc1)N1CCCCCC1. The van der Waals surface area contributed by atoms with Crippen molar-refractivity contribution in [1.29, 1.82) is 0 Å². The molecule has 1 atom stereocenters. The summed E-state index contributed by atoms with van der Waals surface area (Å²) in [6, 6.07) is 8.36. The molecule has 2 heterocycles. The lowest BCUT2D eigenvalue weighted by Crippen LogP contribution is -2.32. The number of hydrogen-bond donors (Lipinski definition) is 1. The number of piperidine rings is 1. The number of benzene rings is 1. The van der Waals surface area contributed by atoms with Crippen LogP contribution < -0.4 is 5.32 Å². The van der Waals surface area contributed by atoms with Gasteiger partial charge in [-0.15, -0.1) is 0 Å². The van der Waals surface area contributed by atoms with Crippen molar-refractivity contribution >= 4 is 5.91 Å². The molecule has 1 unspecified atom stereocenters. The molecule has 1 aromatic rings. The Morgan fingerprint density at radius 3 is 2.33 bits per heavy atom. The summed E-state index contributed by atoms with van der Waals surface area (Å²) in [4.78, 5) is 14.6. The van der Waals surface area contributed by atoms with Crippen molar-refractivity contribution in [3.05, 3.63) is 35.4 Å². The van der Waals surface area contributed by atoms with E-state index < -0.39 is 0 Å². The second-order valence-corrected chi connectivity index (χ2v) is 6.37. The predicted molar refractivity (Wildman–Crippen MR) is 85.7 cm³/mol. The quantitative estimate of drug-likeness (QED) is 0.905. The molecule has 3 nitrogen and oxygen atoms in total. The van der Waals surface area contributed by atoms with E-state index in [9.17, 15) is 4.79 Å². The van der Waals surface area contributed by atoms with Gasteiger partial charge in [-0.1, -0.05) is 25.0 Å². The Morgan fingerprint density at radius 2 is 1.71 bits per heavy atom. The fraction of sp³-hybridized carbons (Fsp3) is 0.611. The molecule has 0 spiro atoms. The molecule has 2 saturated heterocycles. The van der Waals surface area contributed by atoms with E-state index in [0.29, 0.717) is 5.92 Å². The number of hydrogen-bond acceptors (Lipinski definition) is 2. The van der Waals surface area contributed by atoms with Crippen molar-refractivity contribution in [3.8, 4) is 0 Å². The molecular weight excluding hydrogens is 260 g/mol. The Balaban J connectivity index is 1.66. The molecule has 1 amide bonds. The number of likely N-dealkylation sites (tertiary alicyclic amines) is 1. The fourth-order valence-electron chi connectivity index (χ4n) is 3.49. The summed E-state index contributed by atoms with van der Waals surface area (Å²) in [6.45, 7) is 4.06. The molecule has 0 aromatic heterocycles. The number of rotatable bonds is 2. The topological polar surface area (TPSA) is 32.3 Å². The zero-order valence-electron chi connectivity index (χ0n) is 12.8. The van der Waals surface area contributed by atoms with Gasteiger partial charge in [-0.05, 0) is 55.8 Å². The monoisotopic (exact) mass is 286 g/mol. The van der Waals surface area contributed by atoms with E-state index >= 15 is 0 Å². The molecule has 0 radical (unpaired) electrons. The van der Waals surface area contributed by atoms with Gasteiger partial charge in [0.1, 0.15) is 0 Å². The van der Waals surface area contributed by atoms with Crippen LogP contribution in [0.25, 0.3) is 0 Å². The average Bonchev–Trinajstić information content (AvgIpc) is 2.84. The number of carbonyl (C=O) groups is 1. The molecule has 114 valence electrons. The van der Waals surface area contributed by atoms with Gasteiger partial charge in [-0.3, -0.25) is 4.79 Å². The van der Waals surface area contributed by atoms with Crippen molar-refractivity contribution in [1.82, 2.24) is 10.2 Å². The van der Waals surface area contributed by atoms with Gasteiger partial charge >= 0.3 is 0 Å². The van der Waals surface area contributed by atoms with E-state index in [0.717, 1.165) is 44.6 Å². The zero-order valence-corrected chi connectivity index (χ0v) is 12.8. The highest BCUT2D eigenvalue weighted by molar-refractivity contribution is 5.94. The molecule has 3 heteroatoms. The van der Waals surface area contributed by atoms with E-state index in [1.54, 1.807) is 0 Å². The van der Waals surface area contributed by atoms with Crippen molar-refractivity contribution in [2.45, 2.75) is 44.4 Å². The van der Waals surface area contributed by atoms with Crippen LogP contribution in [0.3, 0.4) is 0 Å². The molecule has 21 heavy (non-hydrogen) atoms. The Kier molecular flexibility index (Phi) is 4.91. The highest BCUT2D eigenvalue weighted by Crippen LogP contribution is 2.24. The maximum atomic E-state index is 12.6. The molecule has 0 saturated carbocycles. The summed E-state index contributed by atoms with van der Waals surface area (Å²) < 4.78 is 0. The van der Waals surface area contributed by atoms with Crippen molar-refractivity contribution < 1.29 is 4.79 Å². The minimum Gasteiger partial charge on any atom is -0.339 e. The molecule has 2 aliphatic heterocycles. The standard InChI is InChI=1S/C18H26N2O/c21-18(20-12-3-1-2-4-13-20)16-9-7-15(8-10-16)17-6-5-11-19-14-17/h7-10,17,19H,1-6,11-14H2. The van der Waals surface area contributed by atoms with Crippen LogP contribution in [0.4, 0.5) is 0 Å².